The Morgan fingerprint density at radius 1 is 1.24 bits per heavy atom. The molecule has 1 aromatic carbocycles. The molecule has 1 rings (SSSR count). The van der Waals surface area contributed by atoms with Crippen molar-refractivity contribution in [3.63, 3.8) is 0 Å². The molecule has 1 nitrogen and oxygen atoms in total. The molecule has 0 bridgehead atoms. The van der Waals surface area contributed by atoms with Gasteiger partial charge in [0.2, 0.25) is 0 Å². The van der Waals surface area contributed by atoms with Gasteiger partial charge >= 0.3 is 6.18 Å². The molecule has 0 aromatic heterocycles. The summed E-state index contributed by atoms with van der Waals surface area (Å²) in [6, 6.07) is 2.70. The Hall–Kier alpha value is -0.910. The van der Waals surface area contributed by atoms with Crippen LogP contribution in [0.15, 0.2) is 18.2 Å². The van der Waals surface area contributed by atoms with Crippen LogP contribution < -0.4 is 5.32 Å². The van der Waals surface area contributed by atoms with Crippen molar-refractivity contribution < 1.29 is 17.6 Å². The molecule has 21 heavy (non-hydrogen) atoms. The molecule has 0 fully saturated rings. The predicted octanol–water partition coefficient (Wildman–Crippen LogP) is 5.92. The molecule has 1 N–H and O–H groups in total. The van der Waals surface area contributed by atoms with Gasteiger partial charge in [0.25, 0.3) is 0 Å². The van der Waals surface area contributed by atoms with Gasteiger partial charge in [0.15, 0.2) is 0 Å². The molecule has 0 aliphatic rings. The monoisotopic (exact) mass is 323 g/mol. The predicted molar refractivity (Wildman–Crippen MR) is 81.1 cm³/mol. The molecule has 0 aliphatic carbocycles. The molecule has 0 saturated carbocycles. The lowest BCUT2D eigenvalue weighted by molar-refractivity contribution is -0.137. The maximum absolute atomic E-state index is 13.0. The van der Waals surface area contributed by atoms with E-state index in [2.05, 4.69) is 19.2 Å². The van der Waals surface area contributed by atoms with E-state index >= 15 is 0 Å². The summed E-state index contributed by atoms with van der Waals surface area (Å²) in [6.07, 6.45) is -0.0404. The first-order valence-electron chi connectivity index (χ1n) is 7.06. The number of hydrogen-bond donors (Lipinski definition) is 1. The normalized spacial score (nSPS) is 13.2. The molecular formula is C15H21F4NS. The average molecular weight is 323 g/mol. The van der Waals surface area contributed by atoms with Gasteiger partial charge in [-0.15, -0.1) is 11.8 Å². The van der Waals surface area contributed by atoms with Crippen LogP contribution in [-0.4, -0.2) is 11.1 Å². The second-order valence-corrected chi connectivity index (χ2v) is 6.41. The first-order chi connectivity index (χ1) is 9.84. The topological polar surface area (TPSA) is 12.0 Å². The zero-order chi connectivity index (χ0) is 15.9. The van der Waals surface area contributed by atoms with Crippen LogP contribution in [0.4, 0.5) is 23.2 Å². The Morgan fingerprint density at radius 2 is 1.95 bits per heavy atom. The summed E-state index contributed by atoms with van der Waals surface area (Å²) >= 11 is 1.57. The molecular weight excluding hydrogens is 302 g/mol. The highest BCUT2D eigenvalue weighted by molar-refractivity contribution is 7.99. The van der Waals surface area contributed by atoms with E-state index < -0.39 is 17.6 Å². The van der Waals surface area contributed by atoms with Gasteiger partial charge in [-0.1, -0.05) is 33.1 Å². The third-order valence-corrected chi connectivity index (χ3v) is 4.25. The summed E-state index contributed by atoms with van der Waals surface area (Å²) < 4.78 is 51.4. The zero-order valence-corrected chi connectivity index (χ0v) is 13.1. The molecule has 1 aromatic rings. The van der Waals surface area contributed by atoms with E-state index in [9.17, 15) is 17.6 Å². The largest absolute Gasteiger partial charge is 0.418 e. The lowest BCUT2D eigenvalue weighted by Gasteiger charge is -2.16. The molecule has 1 atom stereocenters. The van der Waals surface area contributed by atoms with Crippen molar-refractivity contribution in [2.75, 3.05) is 11.2 Å². The van der Waals surface area contributed by atoms with Gasteiger partial charge in [-0.05, 0) is 24.6 Å². The Balaban J connectivity index is 2.52. The number of nitrogens with one attached hydrogen (secondary N) is 1. The van der Waals surface area contributed by atoms with Crippen LogP contribution >= 0.6 is 11.8 Å². The minimum Gasteiger partial charge on any atom is -0.376 e. The van der Waals surface area contributed by atoms with E-state index in [0.29, 0.717) is 17.2 Å². The molecule has 0 spiro atoms. The highest BCUT2D eigenvalue weighted by Gasteiger charge is 2.33. The number of rotatable bonds is 8. The van der Waals surface area contributed by atoms with Crippen molar-refractivity contribution in [2.45, 2.75) is 51.0 Å². The average Bonchev–Trinajstić information content (AvgIpc) is 2.39. The lowest BCUT2D eigenvalue weighted by atomic mass is 10.1. The van der Waals surface area contributed by atoms with E-state index in [1.807, 2.05) is 0 Å². The first-order valence-corrected chi connectivity index (χ1v) is 8.11. The third kappa shape index (κ3) is 6.59. The van der Waals surface area contributed by atoms with Crippen molar-refractivity contribution in [1.82, 2.24) is 0 Å². The molecule has 0 amide bonds. The molecule has 6 heteroatoms. The molecule has 0 radical (unpaired) electrons. The van der Waals surface area contributed by atoms with Crippen LogP contribution in [0.25, 0.3) is 0 Å². The SMILES string of the molecule is CCCCC[C@H](C)SCNc1ccc(F)cc1C(F)(F)F. The van der Waals surface area contributed by atoms with Crippen LogP contribution in [0.2, 0.25) is 0 Å². The van der Waals surface area contributed by atoms with E-state index in [-0.39, 0.29) is 5.69 Å². The highest BCUT2D eigenvalue weighted by atomic mass is 32.2. The maximum Gasteiger partial charge on any atom is 0.418 e. The highest BCUT2D eigenvalue weighted by Crippen LogP contribution is 2.35. The Labute approximate surface area is 127 Å². The summed E-state index contributed by atoms with van der Waals surface area (Å²) in [5.41, 5.74) is -1.03. The molecule has 120 valence electrons. The minimum absolute atomic E-state index is 0.0721. The van der Waals surface area contributed by atoms with Gasteiger partial charge in [0.05, 0.1) is 11.4 Å². The van der Waals surface area contributed by atoms with Crippen LogP contribution in [0.3, 0.4) is 0 Å². The summed E-state index contributed by atoms with van der Waals surface area (Å²) in [6.45, 7) is 4.20. The Kier molecular flexibility index (Phi) is 7.35. The first kappa shape index (κ1) is 18.1. The molecule has 0 saturated heterocycles. The van der Waals surface area contributed by atoms with Crippen LogP contribution in [0, 0.1) is 5.82 Å². The fourth-order valence-electron chi connectivity index (χ4n) is 1.93. The fourth-order valence-corrected chi connectivity index (χ4v) is 2.79. The fraction of sp³-hybridized carbons (Fsp3) is 0.600. The smallest absolute Gasteiger partial charge is 0.376 e. The second kappa shape index (κ2) is 8.51. The second-order valence-electron chi connectivity index (χ2n) is 4.98. The van der Waals surface area contributed by atoms with Crippen molar-refractivity contribution >= 4 is 17.4 Å². The number of thioether (sulfide) groups is 1. The van der Waals surface area contributed by atoms with Crippen molar-refractivity contribution in [2.24, 2.45) is 0 Å². The van der Waals surface area contributed by atoms with Crippen molar-refractivity contribution in [3.8, 4) is 0 Å². The number of halogens is 4. The van der Waals surface area contributed by atoms with Gasteiger partial charge in [0, 0.05) is 10.9 Å². The van der Waals surface area contributed by atoms with Gasteiger partial charge in [-0.2, -0.15) is 13.2 Å². The van der Waals surface area contributed by atoms with E-state index in [0.717, 1.165) is 31.4 Å². The van der Waals surface area contributed by atoms with E-state index in [1.165, 1.54) is 6.42 Å². The summed E-state index contributed by atoms with van der Waals surface area (Å²) in [4.78, 5) is 0. The van der Waals surface area contributed by atoms with Crippen molar-refractivity contribution in [1.29, 1.82) is 0 Å². The van der Waals surface area contributed by atoms with Crippen LogP contribution in [-0.2, 0) is 6.18 Å². The van der Waals surface area contributed by atoms with Gasteiger partial charge in [-0.3, -0.25) is 0 Å². The quantitative estimate of drug-likeness (QED) is 0.362. The third-order valence-electron chi connectivity index (χ3n) is 3.13. The van der Waals surface area contributed by atoms with Crippen molar-refractivity contribution in [3.05, 3.63) is 29.6 Å². The standard InChI is InChI=1S/C15H21F4NS/c1-3-4-5-6-11(2)21-10-20-14-8-7-12(16)9-13(14)15(17,18)19/h7-9,11,20H,3-6,10H2,1-2H3/t11-/m0/s1. The van der Waals surface area contributed by atoms with Gasteiger partial charge in [0.1, 0.15) is 5.82 Å². The minimum atomic E-state index is -4.55. The number of benzene rings is 1. The molecule has 0 unspecified atom stereocenters. The summed E-state index contributed by atoms with van der Waals surface area (Å²) in [5.74, 6) is -0.504. The maximum atomic E-state index is 13.0. The number of anilines is 1. The van der Waals surface area contributed by atoms with Gasteiger partial charge in [-0.25, -0.2) is 4.39 Å². The van der Waals surface area contributed by atoms with E-state index in [1.54, 1.807) is 11.8 Å². The number of alkyl halides is 3. The Morgan fingerprint density at radius 3 is 2.57 bits per heavy atom. The molecule has 0 heterocycles. The van der Waals surface area contributed by atoms with Crippen LogP contribution in [0.5, 0.6) is 0 Å². The van der Waals surface area contributed by atoms with E-state index in [4.69, 9.17) is 0 Å². The van der Waals surface area contributed by atoms with Gasteiger partial charge < -0.3 is 5.32 Å². The lowest BCUT2D eigenvalue weighted by Crippen LogP contribution is -2.12. The zero-order valence-electron chi connectivity index (χ0n) is 12.3. The number of unbranched alkanes of at least 4 members (excludes halogenated alkanes) is 2. The summed E-state index contributed by atoms with van der Waals surface area (Å²) in [7, 11) is 0. The Bertz CT molecular complexity index is 434. The molecule has 0 aliphatic heterocycles. The number of hydrogen-bond acceptors (Lipinski definition) is 2. The van der Waals surface area contributed by atoms with Crippen LogP contribution in [0.1, 0.15) is 45.1 Å². The summed E-state index contributed by atoms with van der Waals surface area (Å²) in [5, 5.41) is 3.13.